The van der Waals surface area contributed by atoms with Crippen LogP contribution in [0.2, 0.25) is 0 Å². The monoisotopic (exact) mass is 449 g/mol. The molecule has 0 saturated heterocycles. The summed E-state index contributed by atoms with van der Waals surface area (Å²) >= 11 is 0. The van der Waals surface area contributed by atoms with Crippen molar-refractivity contribution in [2.45, 2.75) is 19.9 Å². The Bertz CT molecular complexity index is 1290. The van der Waals surface area contributed by atoms with E-state index in [1.54, 1.807) is 29.2 Å². The van der Waals surface area contributed by atoms with Crippen molar-refractivity contribution in [2.24, 2.45) is 5.73 Å². The van der Waals surface area contributed by atoms with Gasteiger partial charge >= 0.3 is 0 Å². The van der Waals surface area contributed by atoms with Crippen LogP contribution in [0.15, 0.2) is 45.6 Å². The van der Waals surface area contributed by atoms with E-state index in [0.717, 1.165) is 16.7 Å². The molecule has 0 aliphatic carbocycles. The Morgan fingerprint density at radius 1 is 1.12 bits per heavy atom. The molecule has 3 aromatic rings. The van der Waals surface area contributed by atoms with Crippen LogP contribution in [0, 0.1) is 13.8 Å². The summed E-state index contributed by atoms with van der Waals surface area (Å²) in [4.78, 5) is 41.6. The fourth-order valence-electron chi connectivity index (χ4n) is 4.06. The number of ether oxygens (including phenoxy) is 1. The van der Waals surface area contributed by atoms with E-state index in [2.05, 4.69) is 0 Å². The molecule has 172 valence electrons. The summed E-state index contributed by atoms with van der Waals surface area (Å²) in [7, 11) is 3.85. The average Bonchev–Trinajstić information content (AvgIpc) is 3.04. The fourth-order valence-corrected chi connectivity index (χ4v) is 4.06. The standard InChI is InChI=1S/C25H27N3O5/c1-14-11-18-19(12-15(14)2)33-24-21(23(18)30)22(28(25(24)31)10-9-27(3)4)16-5-7-17(8-6-16)32-13-20(26)29/h5-8,11-12,22H,9-10,13H2,1-4H3,(H2,26,29)/t22-/m1/s1. The van der Waals surface area contributed by atoms with Crippen molar-refractivity contribution in [1.82, 2.24) is 9.80 Å². The number of carbonyl (C=O) groups is 2. The van der Waals surface area contributed by atoms with Gasteiger partial charge in [0.05, 0.1) is 17.0 Å². The van der Waals surface area contributed by atoms with E-state index in [1.807, 2.05) is 45.0 Å². The lowest BCUT2D eigenvalue weighted by atomic mass is 9.97. The summed E-state index contributed by atoms with van der Waals surface area (Å²) in [5.74, 6) is -0.311. The molecule has 0 saturated carbocycles. The highest BCUT2D eigenvalue weighted by Gasteiger charge is 2.42. The molecule has 2 N–H and O–H groups in total. The van der Waals surface area contributed by atoms with Gasteiger partial charge in [0, 0.05) is 13.1 Å². The van der Waals surface area contributed by atoms with Gasteiger partial charge in [-0.05, 0) is 68.9 Å². The number of likely N-dealkylation sites (N-methyl/N-ethyl adjacent to an activating group) is 1. The molecule has 1 atom stereocenters. The summed E-state index contributed by atoms with van der Waals surface area (Å²) in [6.07, 6.45) is 0. The average molecular weight is 450 g/mol. The Labute approximate surface area is 191 Å². The molecule has 1 aromatic heterocycles. The van der Waals surface area contributed by atoms with Gasteiger partial charge in [-0.2, -0.15) is 0 Å². The second kappa shape index (κ2) is 8.71. The van der Waals surface area contributed by atoms with Crippen molar-refractivity contribution in [3.05, 3.63) is 74.6 Å². The van der Waals surface area contributed by atoms with Gasteiger partial charge in [-0.15, -0.1) is 0 Å². The van der Waals surface area contributed by atoms with Gasteiger partial charge in [0.2, 0.25) is 5.76 Å². The third-order valence-corrected chi connectivity index (χ3v) is 5.95. The van der Waals surface area contributed by atoms with Gasteiger partial charge in [0.1, 0.15) is 11.3 Å². The highest BCUT2D eigenvalue weighted by molar-refractivity contribution is 5.99. The van der Waals surface area contributed by atoms with Crippen LogP contribution in [0.5, 0.6) is 5.75 Å². The van der Waals surface area contributed by atoms with Crippen molar-refractivity contribution in [2.75, 3.05) is 33.8 Å². The number of aryl methyl sites for hydroxylation is 2. The molecule has 33 heavy (non-hydrogen) atoms. The van der Waals surface area contributed by atoms with Crippen molar-refractivity contribution >= 4 is 22.8 Å². The molecule has 0 fully saturated rings. The lowest BCUT2D eigenvalue weighted by Crippen LogP contribution is -2.35. The number of hydrogen-bond acceptors (Lipinski definition) is 6. The Balaban J connectivity index is 1.84. The third-order valence-electron chi connectivity index (χ3n) is 5.95. The van der Waals surface area contributed by atoms with Crippen molar-refractivity contribution in [3.63, 3.8) is 0 Å². The predicted octanol–water partition coefficient (Wildman–Crippen LogP) is 2.38. The number of primary amides is 1. The third kappa shape index (κ3) is 4.21. The lowest BCUT2D eigenvalue weighted by Gasteiger charge is -2.26. The van der Waals surface area contributed by atoms with E-state index >= 15 is 0 Å². The molecule has 2 aromatic carbocycles. The zero-order valence-electron chi connectivity index (χ0n) is 19.2. The molecule has 0 unspecified atom stereocenters. The summed E-state index contributed by atoms with van der Waals surface area (Å²) in [5.41, 5.74) is 8.43. The van der Waals surface area contributed by atoms with E-state index in [0.29, 0.717) is 35.4 Å². The minimum absolute atomic E-state index is 0.0913. The van der Waals surface area contributed by atoms with Crippen molar-refractivity contribution in [1.29, 1.82) is 0 Å². The van der Waals surface area contributed by atoms with Crippen LogP contribution < -0.4 is 15.9 Å². The maximum absolute atomic E-state index is 13.6. The number of carbonyl (C=O) groups excluding carboxylic acids is 2. The summed E-state index contributed by atoms with van der Waals surface area (Å²) in [6.45, 7) is 4.71. The SMILES string of the molecule is Cc1cc2oc3c(c(=O)c2cc1C)[C@@H](c1ccc(OCC(N)=O)cc1)N(CCN(C)C)C3=O. The molecule has 2 amide bonds. The molecular formula is C25H27N3O5. The summed E-state index contributed by atoms with van der Waals surface area (Å²) in [6, 6.07) is 10.0. The Hall–Kier alpha value is -3.65. The number of hydrogen-bond donors (Lipinski definition) is 1. The number of benzene rings is 2. The number of nitrogens with zero attached hydrogens (tertiary/aromatic N) is 2. The Kier molecular flexibility index (Phi) is 5.95. The second-order valence-electron chi connectivity index (χ2n) is 8.63. The molecule has 2 heterocycles. The van der Waals surface area contributed by atoms with Crippen LogP contribution in [0.1, 0.15) is 38.9 Å². The van der Waals surface area contributed by atoms with Crippen LogP contribution >= 0.6 is 0 Å². The van der Waals surface area contributed by atoms with E-state index < -0.39 is 11.9 Å². The van der Waals surface area contributed by atoms with E-state index in [1.165, 1.54) is 0 Å². The first-order valence-corrected chi connectivity index (χ1v) is 10.7. The lowest BCUT2D eigenvalue weighted by molar-refractivity contribution is -0.119. The second-order valence-corrected chi connectivity index (χ2v) is 8.63. The van der Waals surface area contributed by atoms with Gasteiger partial charge in [-0.25, -0.2) is 0 Å². The van der Waals surface area contributed by atoms with Crippen LogP contribution in [-0.2, 0) is 4.79 Å². The highest BCUT2D eigenvalue weighted by atomic mass is 16.5. The summed E-state index contributed by atoms with van der Waals surface area (Å²) < 4.78 is 11.4. The van der Waals surface area contributed by atoms with Gasteiger partial charge in [-0.1, -0.05) is 12.1 Å². The first-order valence-electron chi connectivity index (χ1n) is 10.7. The van der Waals surface area contributed by atoms with Crippen LogP contribution in [0.25, 0.3) is 11.0 Å². The van der Waals surface area contributed by atoms with Crippen molar-refractivity contribution < 1.29 is 18.7 Å². The normalized spacial score (nSPS) is 15.4. The Morgan fingerprint density at radius 3 is 2.42 bits per heavy atom. The molecule has 8 nitrogen and oxygen atoms in total. The van der Waals surface area contributed by atoms with E-state index in [-0.39, 0.29) is 23.7 Å². The van der Waals surface area contributed by atoms with E-state index in [4.69, 9.17) is 14.9 Å². The number of nitrogens with two attached hydrogens (primary N) is 1. The highest BCUT2D eigenvalue weighted by Crippen LogP contribution is 2.38. The van der Waals surface area contributed by atoms with Gasteiger partial charge in [0.15, 0.2) is 12.0 Å². The maximum atomic E-state index is 13.6. The molecular weight excluding hydrogens is 422 g/mol. The molecule has 1 aliphatic heterocycles. The topological polar surface area (TPSA) is 106 Å². The molecule has 8 heteroatoms. The van der Waals surface area contributed by atoms with Crippen LogP contribution in [0.4, 0.5) is 0 Å². The van der Waals surface area contributed by atoms with Gasteiger partial charge in [0.25, 0.3) is 11.8 Å². The minimum atomic E-state index is -0.583. The zero-order valence-corrected chi connectivity index (χ0v) is 19.2. The minimum Gasteiger partial charge on any atom is -0.484 e. The predicted molar refractivity (Wildman–Crippen MR) is 125 cm³/mol. The molecule has 1 aliphatic rings. The first-order chi connectivity index (χ1) is 15.7. The maximum Gasteiger partial charge on any atom is 0.290 e. The molecule has 4 rings (SSSR count). The van der Waals surface area contributed by atoms with E-state index in [9.17, 15) is 14.4 Å². The zero-order chi connectivity index (χ0) is 23.9. The smallest absolute Gasteiger partial charge is 0.290 e. The first kappa shape index (κ1) is 22.5. The van der Waals surface area contributed by atoms with Crippen LogP contribution in [0.3, 0.4) is 0 Å². The molecule has 0 bridgehead atoms. The van der Waals surface area contributed by atoms with Crippen molar-refractivity contribution in [3.8, 4) is 5.75 Å². The number of fused-ring (bicyclic) bond motifs is 2. The molecule has 0 radical (unpaired) electrons. The Morgan fingerprint density at radius 2 is 1.79 bits per heavy atom. The number of rotatable bonds is 7. The van der Waals surface area contributed by atoms with Gasteiger partial charge < -0.3 is 24.7 Å². The fraction of sp³-hybridized carbons (Fsp3) is 0.320. The van der Waals surface area contributed by atoms with Gasteiger partial charge in [-0.3, -0.25) is 14.4 Å². The quantitative estimate of drug-likeness (QED) is 0.594. The largest absolute Gasteiger partial charge is 0.484 e. The molecule has 0 spiro atoms. The van der Waals surface area contributed by atoms with Crippen LogP contribution in [-0.4, -0.2) is 55.4 Å². The summed E-state index contributed by atoms with van der Waals surface area (Å²) in [5, 5.41) is 0.463. The number of amides is 2.